The van der Waals surface area contributed by atoms with Gasteiger partial charge in [-0.15, -0.1) is 0 Å². The average Bonchev–Trinajstić information content (AvgIpc) is 2.72. The Bertz CT molecular complexity index is 976. The minimum absolute atomic E-state index is 0.0786. The van der Waals surface area contributed by atoms with Crippen LogP contribution in [-0.4, -0.2) is 30.0 Å². The molecule has 0 spiro atoms. The van der Waals surface area contributed by atoms with Gasteiger partial charge < -0.3 is 16.0 Å². The van der Waals surface area contributed by atoms with Crippen LogP contribution in [0, 0.1) is 6.92 Å². The number of aryl methyl sites for hydroxylation is 1. The van der Waals surface area contributed by atoms with Crippen molar-refractivity contribution in [3.05, 3.63) is 71.4 Å². The summed E-state index contributed by atoms with van der Waals surface area (Å²) < 4.78 is 0. The third-order valence-electron chi connectivity index (χ3n) is 5.12. The predicted octanol–water partition coefficient (Wildman–Crippen LogP) is 4.44. The minimum atomic E-state index is -0.0941. The molecule has 2 aromatic carbocycles. The van der Waals surface area contributed by atoms with Crippen molar-refractivity contribution in [2.24, 2.45) is 0 Å². The summed E-state index contributed by atoms with van der Waals surface area (Å²) in [5, 5.41) is 12.1. The summed E-state index contributed by atoms with van der Waals surface area (Å²) in [4.78, 5) is 17.3. The molecule has 29 heavy (non-hydrogen) atoms. The molecule has 1 unspecified atom stereocenters. The lowest BCUT2D eigenvalue weighted by Crippen LogP contribution is -2.51. The summed E-state index contributed by atoms with van der Waals surface area (Å²) in [6, 6.07) is 16.6. The first-order valence-electron chi connectivity index (χ1n) is 10.3. The molecule has 1 aromatic heterocycles. The first-order chi connectivity index (χ1) is 14.1. The van der Waals surface area contributed by atoms with E-state index in [4.69, 9.17) is 0 Å². The smallest absolute Gasteiger partial charge is 0.252 e. The van der Waals surface area contributed by atoms with E-state index in [1.807, 2.05) is 52.0 Å². The van der Waals surface area contributed by atoms with Gasteiger partial charge in [0.05, 0.1) is 12.1 Å². The molecule has 152 valence electrons. The zero-order valence-corrected chi connectivity index (χ0v) is 17.6. The van der Waals surface area contributed by atoms with Crippen LogP contribution >= 0.6 is 0 Å². The first kappa shape index (κ1) is 20.8. The molecule has 1 aliphatic rings. The van der Waals surface area contributed by atoms with Crippen molar-refractivity contribution in [1.29, 1.82) is 0 Å². The van der Waals surface area contributed by atoms with E-state index in [1.165, 1.54) is 10.8 Å². The lowest BCUT2D eigenvalue weighted by atomic mass is 9.99. The Morgan fingerprint density at radius 1 is 1.14 bits per heavy atom. The Labute approximate surface area is 172 Å². The number of aromatic nitrogens is 1. The van der Waals surface area contributed by atoms with Crippen LogP contribution in [0.25, 0.3) is 10.8 Å². The maximum atomic E-state index is 12.9. The van der Waals surface area contributed by atoms with E-state index in [2.05, 4.69) is 45.2 Å². The fourth-order valence-corrected chi connectivity index (χ4v) is 3.43. The normalized spacial score (nSPS) is 14.3. The molecule has 1 saturated heterocycles. The van der Waals surface area contributed by atoms with Crippen molar-refractivity contribution in [3.63, 3.8) is 0 Å². The molecule has 2 heterocycles. The highest BCUT2D eigenvalue weighted by molar-refractivity contribution is 5.97. The molecule has 4 rings (SSSR count). The molecule has 1 atom stereocenters. The Kier molecular flexibility index (Phi) is 6.83. The van der Waals surface area contributed by atoms with Gasteiger partial charge in [-0.2, -0.15) is 0 Å². The quantitative estimate of drug-likeness (QED) is 0.602. The Morgan fingerprint density at radius 3 is 2.59 bits per heavy atom. The van der Waals surface area contributed by atoms with Gasteiger partial charge in [0.25, 0.3) is 5.91 Å². The fourth-order valence-electron chi connectivity index (χ4n) is 3.43. The fraction of sp³-hybridized carbons (Fsp3) is 0.333. The lowest BCUT2D eigenvalue weighted by Gasteiger charge is -2.28. The highest BCUT2D eigenvalue weighted by Crippen LogP contribution is 2.24. The summed E-state index contributed by atoms with van der Waals surface area (Å²) in [6.45, 7) is 9.79. The Balaban J connectivity index is 0.00000117. The van der Waals surface area contributed by atoms with Gasteiger partial charge in [-0.05, 0) is 41.8 Å². The first-order valence-corrected chi connectivity index (χ1v) is 10.3. The minimum Gasteiger partial charge on any atom is -0.365 e. The summed E-state index contributed by atoms with van der Waals surface area (Å²) in [6.07, 6.45) is 1.76. The van der Waals surface area contributed by atoms with Crippen LogP contribution in [0.2, 0.25) is 0 Å². The molecule has 0 bridgehead atoms. The molecule has 0 saturated carbocycles. The summed E-state index contributed by atoms with van der Waals surface area (Å²) >= 11 is 0. The van der Waals surface area contributed by atoms with E-state index in [0.29, 0.717) is 11.6 Å². The van der Waals surface area contributed by atoms with E-state index in [9.17, 15) is 4.79 Å². The highest BCUT2D eigenvalue weighted by Gasteiger charge is 2.19. The van der Waals surface area contributed by atoms with Crippen LogP contribution < -0.4 is 16.0 Å². The Hall–Kier alpha value is -2.92. The van der Waals surface area contributed by atoms with E-state index < -0.39 is 0 Å². The van der Waals surface area contributed by atoms with E-state index in [-0.39, 0.29) is 11.9 Å². The number of anilines is 1. The van der Waals surface area contributed by atoms with E-state index in [0.717, 1.165) is 30.0 Å². The van der Waals surface area contributed by atoms with E-state index >= 15 is 0 Å². The van der Waals surface area contributed by atoms with Crippen molar-refractivity contribution >= 4 is 22.5 Å². The molecule has 1 amide bonds. The molecular formula is C24H30N4O. The second kappa shape index (κ2) is 9.52. The molecular weight excluding hydrogens is 360 g/mol. The summed E-state index contributed by atoms with van der Waals surface area (Å²) in [5.74, 6) is 0.667. The predicted molar refractivity (Wildman–Crippen MR) is 120 cm³/mol. The van der Waals surface area contributed by atoms with Gasteiger partial charge in [-0.1, -0.05) is 56.3 Å². The van der Waals surface area contributed by atoms with Crippen molar-refractivity contribution in [2.45, 2.75) is 39.8 Å². The molecule has 1 fully saturated rings. The summed E-state index contributed by atoms with van der Waals surface area (Å²) in [5.41, 5.74) is 2.65. The molecule has 5 nitrogen and oxygen atoms in total. The molecule has 5 heteroatoms. The number of nitrogens with one attached hydrogen (secondary N) is 3. The number of hydrogen-bond donors (Lipinski definition) is 3. The van der Waals surface area contributed by atoms with Crippen molar-refractivity contribution in [3.8, 4) is 0 Å². The van der Waals surface area contributed by atoms with Crippen LogP contribution in [0.15, 0.2) is 54.7 Å². The van der Waals surface area contributed by atoms with Crippen LogP contribution in [-0.2, 0) is 0 Å². The van der Waals surface area contributed by atoms with Gasteiger partial charge in [0.1, 0.15) is 5.82 Å². The summed E-state index contributed by atoms with van der Waals surface area (Å²) in [7, 11) is 0. The van der Waals surface area contributed by atoms with Crippen LogP contribution in [0.5, 0.6) is 0 Å². The molecule has 0 aliphatic carbocycles. The largest absolute Gasteiger partial charge is 0.365 e. The van der Waals surface area contributed by atoms with E-state index in [1.54, 1.807) is 6.20 Å². The number of fused-ring (bicyclic) bond motifs is 1. The van der Waals surface area contributed by atoms with Crippen molar-refractivity contribution in [1.82, 2.24) is 15.6 Å². The number of pyridine rings is 1. The third kappa shape index (κ3) is 4.74. The number of benzene rings is 2. The number of carbonyl (C=O) groups is 1. The standard InChI is InChI=1S/C22H24N4O.C2H6/c1-14-11-24-21(26-17-12-23-13-17)10-20(14)22(27)25-15(2)18-9-5-7-16-6-3-4-8-19(16)18;1-2/h3-11,15,17,23H,12-13H2,1-2H3,(H,24,26)(H,25,27);1-2H3. The van der Waals surface area contributed by atoms with Gasteiger partial charge in [0.2, 0.25) is 0 Å². The number of carbonyl (C=O) groups excluding carboxylic acids is 1. The number of nitrogens with zero attached hydrogens (tertiary/aromatic N) is 1. The zero-order valence-electron chi connectivity index (χ0n) is 17.6. The van der Waals surface area contributed by atoms with Crippen molar-refractivity contribution < 1.29 is 4.79 Å². The number of rotatable bonds is 5. The molecule has 1 aliphatic heterocycles. The topological polar surface area (TPSA) is 66.0 Å². The van der Waals surface area contributed by atoms with Crippen LogP contribution in [0.3, 0.4) is 0 Å². The molecule has 3 aromatic rings. The van der Waals surface area contributed by atoms with Gasteiger partial charge in [-0.25, -0.2) is 4.98 Å². The maximum absolute atomic E-state index is 12.9. The third-order valence-corrected chi connectivity index (χ3v) is 5.12. The van der Waals surface area contributed by atoms with Crippen LogP contribution in [0.4, 0.5) is 5.82 Å². The second-order valence-electron chi connectivity index (χ2n) is 7.15. The number of hydrogen-bond acceptors (Lipinski definition) is 4. The van der Waals surface area contributed by atoms with Crippen LogP contribution in [0.1, 0.15) is 48.3 Å². The SMILES string of the molecule is CC.Cc1cnc(NC2CNC2)cc1C(=O)NC(C)c1cccc2ccccc12. The van der Waals surface area contributed by atoms with Crippen molar-refractivity contribution in [2.75, 3.05) is 18.4 Å². The average molecular weight is 391 g/mol. The van der Waals surface area contributed by atoms with Gasteiger partial charge in [0.15, 0.2) is 0 Å². The maximum Gasteiger partial charge on any atom is 0.252 e. The van der Waals surface area contributed by atoms with Gasteiger partial charge in [0, 0.05) is 24.8 Å². The lowest BCUT2D eigenvalue weighted by molar-refractivity contribution is 0.0939. The Morgan fingerprint density at radius 2 is 1.86 bits per heavy atom. The second-order valence-corrected chi connectivity index (χ2v) is 7.15. The molecule has 0 radical (unpaired) electrons. The van der Waals surface area contributed by atoms with Gasteiger partial charge >= 0.3 is 0 Å². The monoisotopic (exact) mass is 390 g/mol. The zero-order chi connectivity index (χ0) is 20.8. The number of amides is 1. The highest BCUT2D eigenvalue weighted by atomic mass is 16.1. The molecule has 3 N–H and O–H groups in total. The van der Waals surface area contributed by atoms with Gasteiger partial charge in [-0.3, -0.25) is 4.79 Å².